The molecule has 21 heavy (non-hydrogen) atoms. The van der Waals surface area contributed by atoms with Gasteiger partial charge < -0.3 is 9.64 Å². The summed E-state index contributed by atoms with van der Waals surface area (Å²) in [7, 11) is 0. The molecule has 0 aromatic carbocycles. The Hall–Kier alpha value is -1.94. The van der Waals surface area contributed by atoms with E-state index in [1.165, 1.54) is 0 Å². The molecule has 0 aliphatic carbocycles. The Morgan fingerprint density at radius 3 is 2.43 bits per heavy atom. The predicted molar refractivity (Wildman–Crippen MR) is 87.9 cm³/mol. The first-order valence-corrected chi connectivity index (χ1v) is 7.13. The van der Waals surface area contributed by atoms with Crippen LogP contribution in [0.5, 0.6) is 0 Å². The van der Waals surface area contributed by atoms with Gasteiger partial charge in [0, 0.05) is 18.3 Å². The summed E-state index contributed by atoms with van der Waals surface area (Å²) in [5.41, 5.74) is 1.38. The van der Waals surface area contributed by atoms with Crippen LogP contribution in [0.15, 0.2) is 43.1 Å². The topological polar surface area (TPSA) is 42.4 Å². The SMILES string of the molecule is C=C(C)C(=O)OCCN(CC)CC.C=Cc1ccccn1. The van der Waals surface area contributed by atoms with Crippen LogP contribution in [0.3, 0.4) is 0 Å². The second-order valence-corrected chi connectivity index (χ2v) is 4.40. The van der Waals surface area contributed by atoms with Crippen molar-refractivity contribution in [2.45, 2.75) is 20.8 Å². The lowest BCUT2D eigenvalue weighted by Crippen LogP contribution is -2.27. The number of pyridine rings is 1. The molecule has 1 heterocycles. The van der Waals surface area contributed by atoms with Gasteiger partial charge in [0.1, 0.15) is 6.61 Å². The third-order valence-corrected chi connectivity index (χ3v) is 2.78. The molecule has 0 atom stereocenters. The van der Waals surface area contributed by atoms with Crippen LogP contribution >= 0.6 is 0 Å². The summed E-state index contributed by atoms with van der Waals surface area (Å²) in [4.78, 5) is 17.1. The number of ether oxygens (including phenoxy) is 1. The van der Waals surface area contributed by atoms with Crippen LogP contribution in [0, 0.1) is 0 Å². The second kappa shape index (κ2) is 11.9. The van der Waals surface area contributed by atoms with Gasteiger partial charge in [0.05, 0.1) is 5.69 Å². The molecule has 0 spiro atoms. The van der Waals surface area contributed by atoms with Crippen LogP contribution in [0.4, 0.5) is 0 Å². The average molecular weight is 290 g/mol. The van der Waals surface area contributed by atoms with E-state index in [0.717, 1.165) is 25.3 Å². The van der Waals surface area contributed by atoms with E-state index < -0.39 is 0 Å². The van der Waals surface area contributed by atoms with Crippen LogP contribution in [0.2, 0.25) is 0 Å². The quantitative estimate of drug-likeness (QED) is 0.571. The fraction of sp³-hybridized carbons (Fsp3) is 0.412. The number of likely N-dealkylation sites (N-methyl/N-ethyl adjacent to an activating group) is 1. The highest BCUT2D eigenvalue weighted by molar-refractivity contribution is 5.86. The lowest BCUT2D eigenvalue weighted by molar-refractivity contribution is -0.139. The summed E-state index contributed by atoms with van der Waals surface area (Å²) >= 11 is 0. The van der Waals surface area contributed by atoms with E-state index in [1.807, 2.05) is 18.2 Å². The van der Waals surface area contributed by atoms with Gasteiger partial charge in [-0.05, 0) is 38.2 Å². The number of carbonyl (C=O) groups is 1. The normalized spacial score (nSPS) is 9.52. The van der Waals surface area contributed by atoms with Crippen LogP contribution in [0.1, 0.15) is 26.5 Å². The highest BCUT2D eigenvalue weighted by Gasteiger charge is 2.04. The van der Waals surface area contributed by atoms with Crippen molar-refractivity contribution in [3.05, 3.63) is 48.8 Å². The Morgan fingerprint density at radius 1 is 1.38 bits per heavy atom. The molecular weight excluding hydrogens is 264 g/mol. The maximum Gasteiger partial charge on any atom is 0.333 e. The van der Waals surface area contributed by atoms with Crippen molar-refractivity contribution in [2.24, 2.45) is 0 Å². The Bertz CT molecular complexity index is 426. The predicted octanol–water partition coefficient (Wildman–Crippen LogP) is 3.17. The van der Waals surface area contributed by atoms with Crippen molar-refractivity contribution in [2.75, 3.05) is 26.2 Å². The van der Waals surface area contributed by atoms with Crippen molar-refractivity contribution >= 4 is 12.0 Å². The minimum atomic E-state index is -0.299. The summed E-state index contributed by atoms with van der Waals surface area (Å²) < 4.78 is 4.96. The van der Waals surface area contributed by atoms with Crippen molar-refractivity contribution in [3.63, 3.8) is 0 Å². The number of hydrogen-bond donors (Lipinski definition) is 0. The van der Waals surface area contributed by atoms with Gasteiger partial charge in [-0.15, -0.1) is 0 Å². The number of aromatic nitrogens is 1. The van der Waals surface area contributed by atoms with Gasteiger partial charge in [-0.1, -0.05) is 33.1 Å². The Kier molecular flexibility index (Phi) is 10.8. The highest BCUT2D eigenvalue weighted by Crippen LogP contribution is 1.93. The van der Waals surface area contributed by atoms with E-state index in [2.05, 4.69) is 36.9 Å². The Labute approximate surface area is 128 Å². The molecule has 0 radical (unpaired) electrons. The van der Waals surface area contributed by atoms with E-state index in [1.54, 1.807) is 19.2 Å². The molecule has 0 fully saturated rings. The molecule has 116 valence electrons. The van der Waals surface area contributed by atoms with E-state index >= 15 is 0 Å². The van der Waals surface area contributed by atoms with Gasteiger partial charge in [-0.25, -0.2) is 4.79 Å². The van der Waals surface area contributed by atoms with Crippen molar-refractivity contribution in [3.8, 4) is 0 Å². The molecule has 0 bridgehead atoms. The van der Waals surface area contributed by atoms with Gasteiger partial charge in [-0.3, -0.25) is 4.98 Å². The van der Waals surface area contributed by atoms with Gasteiger partial charge in [0.25, 0.3) is 0 Å². The zero-order chi connectivity index (χ0) is 16.1. The molecule has 0 unspecified atom stereocenters. The first kappa shape index (κ1) is 19.1. The molecule has 1 rings (SSSR count). The Morgan fingerprint density at radius 2 is 2.05 bits per heavy atom. The van der Waals surface area contributed by atoms with Crippen LogP contribution < -0.4 is 0 Å². The van der Waals surface area contributed by atoms with E-state index in [-0.39, 0.29) is 5.97 Å². The van der Waals surface area contributed by atoms with Crippen LogP contribution in [-0.4, -0.2) is 42.1 Å². The molecular formula is C17H26N2O2. The smallest absolute Gasteiger partial charge is 0.333 e. The molecule has 0 aliphatic rings. The number of rotatable bonds is 7. The molecule has 0 saturated carbocycles. The summed E-state index contributed by atoms with van der Waals surface area (Å²) in [5, 5.41) is 0. The minimum Gasteiger partial charge on any atom is -0.461 e. The zero-order valence-corrected chi connectivity index (χ0v) is 13.3. The van der Waals surface area contributed by atoms with Crippen molar-refractivity contribution in [1.29, 1.82) is 0 Å². The fourth-order valence-electron chi connectivity index (χ4n) is 1.43. The molecule has 0 aliphatic heterocycles. The molecule has 0 amide bonds. The number of carbonyl (C=O) groups excluding carboxylic acids is 1. The first-order valence-electron chi connectivity index (χ1n) is 7.13. The largest absolute Gasteiger partial charge is 0.461 e. The van der Waals surface area contributed by atoms with E-state index in [4.69, 9.17) is 4.74 Å². The van der Waals surface area contributed by atoms with Gasteiger partial charge in [0.2, 0.25) is 0 Å². The number of nitrogens with zero attached hydrogens (tertiary/aromatic N) is 2. The standard InChI is InChI=1S/C10H19NO2.C7H7N/c1-5-11(6-2)7-8-13-10(12)9(3)4;1-2-7-5-3-4-6-8-7/h3,5-8H2,1-2,4H3;2-6H,1H2. The third kappa shape index (κ3) is 9.57. The maximum atomic E-state index is 11.0. The van der Waals surface area contributed by atoms with Crippen LogP contribution in [-0.2, 0) is 9.53 Å². The lowest BCUT2D eigenvalue weighted by Gasteiger charge is -2.17. The van der Waals surface area contributed by atoms with Crippen molar-refractivity contribution < 1.29 is 9.53 Å². The zero-order valence-electron chi connectivity index (χ0n) is 13.3. The maximum absolute atomic E-state index is 11.0. The minimum absolute atomic E-state index is 0.299. The first-order chi connectivity index (χ1) is 10.0. The van der Waals surface area contributed by atoms with Gasteiger partial charge >= 0.3 is 5.97 Å². The number of esters is 1. The summed E-state index contributed by atoms with van der Waals surface area (Å²) in [6, 6.07) is 5.73. The average Bonchev–Trinajstić information content (AvgIpc) is 2.52. The van der Waals surface area contributed by atoms with Crippen molar-refractivity contribution in [1.82, 2.24) is 9.88 Å². The molecule has 0 N–H and O–H groups in total. The molecule has 1 aromatic heterocycles. The van der Waals surface area contributed by atoms with E-state index in [0.29, 0.717) is 12.2 Å². The molecule has 4 heteroatoms. The van der Waals surface area contributed by atoms with E-state index in [9.17, 15) is 4.79 Å². The molecule has 4 nitrogen and oxygen atoms in total. The highest BCUT2D eigenvalue weighted by atomic mass is 16.5. The number of hydrogen-bond acceptors (Lipinski definition) is 4. The van der Waals surface area contributed by atoms with Crippen LogP contribution in [0.25, 0.3) is 6.08 Å². The van der Waals surface area contributed by atoms with Gasteiger partial charge in [0.15, 0.2) is 0 Å². The molecule has 1 aromatic rings. The Balaban J connectivity index is 0.000000423. The summed E-state index contributed by atoms with van der Waals surface area (Å²) in [6.45, 7) is 16.1. The fourth-order valence-corrected chi connectivity index (χ4v) is 1.43. The third-order valence-electron chi connectivity index (χ3n) is 2.78. The lowest BCUT2D eigenvalue weighted by atomic mass is 10.4. The summed E-state index contributed by atoms with van der Waals surface area (Å²) in [5.74, 6) is -0.299. The summed E-state index contributed by atoms with van der Waals surface area (Å²) in [6.07, 6.45) is 3.47. The van der Waals surface area contributed by atoms with Gasteiger partial charge in [-0.2, -0.15) is 0 Å². The second-order valence-electron chi connectivity index (χ2n) is 4.40. The monoisotopic (exact) mass is 290 g/mol. The molecule has 0 saturated heterocycles.